The van der Waals surface area contributed by atoms with Gasteiger partial charge in [0.2, 0.25) is 5.88 Å². The van der Waals surface area contributed by atoms with Crippen molar-refractivity contribution >= 4 is 11.6 Å². The van der Waals surface area contributed by atoms with E-state index in [-0.39, 0.29) is 5.56 Å². The van der Waals surface area contributed by atoms with Crippen LogP contribution in [0.3, 0.4) is 0 Å². The smallest absolute Gasteiger partial charge is 0.274 e. The highest BCUT2D eigenvalue weighted by Crippen LogP contribution is 2.12. The molecule has 2 heterocycles. The average Bonchev–Trinajstić information content (AvgIpc) is 2.46. The lowest BCUT2D eigenvalue weighted by atomic mass is 10.2. The van der Waals surface area contributed by atoms with Crippen molar-refractivity contribution in [1.29, 1.82) is 0 Å². The Bertz CT molecular complexity index is 737. The molecule has 0 saturated heterocycles. The molecule has 2 aromatic rings. The van der Waals surface area contributed by atoms with Gasteiger partial charge in [-0.05, 0) is 31.0 Å². The molecule has 0 aliphatic heterocycles. The van der Waals surface area contributed by atoms with Crippen molar-refractivity contribution in [3.63, 3.8) is 0 Å². The Hall–Kier alpha value is -2.37. The number of fused-ring (bicyclic) bond motifs is 1. The van der Waals surface area contributed by atoms with Crippen LogP contribution < -0.4 is 10.9 Å². The molecule has 0 atom stereocenters. The van der Waals surface area contributed by atoms with E-state index in [0.717, 1.165) is 31.2 Å². The number of aromatic hydroxyl groups is 1. The Balaban J connectivity index is 2.22. The number of hydrogen-bond acceptors (Lipinski definition) is 4. The summed E-state index contributed by atoms with van der Waals surface area (Å²) >= 11 is 0. The number of aromatic nitrogens is 2. The first kappa shape index (κ1) is 16.0. The molecule has 1 amide bonds. The summed E-state index contributed by atoms with van der Waals surface area (Å²) < 4.78 is 1.26. The number of carbonyl (C=O) groups is 1. The van der Waals surface area contributed by atoms with E-state index in [4.69, 9.17) is 0 Å². The van der Waals surface area contributed by atoms with E-state index in [9.17, 15) is 14.7 Å². The summed E-state index contributed by atoms with van der Waals surface area (Å²) in [5.74, 6) is -1.11. The molecule has 0 aliphatic rings. The lowest BCUT2D eigenvalue weighted by Crippen LogP contribution is -2.32. The predicted octanol–water partition coefficient (Wildman–Crippen LogP) is 2.02. The van der Waals surface area contributed by atoms with Crippen LogP contribution in [0, 0.1) is 6.92 Å². The van der Waals surface area contributed by atoms with Crippen molar-refractivity contribution in [3.8, 4) is 5.88 Å². The minimum Gasteiger partial charge on any atom is -0.493 e. The molecule has 0 radical (unpaired) electrons. The van der Waals surface area contributed by atoms with E-state index >= 15 is 0 Å². The molecule has 0 aliphatic carbocycles. The molecular formula is C16H21N3O3. The average molecular weight is 303 g/mol. The van der Waals surface area contributed by atoms with Gasteiger partial charge >= 0.3 is 0 Å². The zero-order valence-corrected chi connectivity index (χ0v) is 12.9. The second-order valence-electron chi connectivity index (χ2n) is 5.36. The predicted molar refractivity (Wildman–Crippen MR) is 84.3 cm³/mol. The highest BCUT2D eigenvalue weighted by molar-refractivity contribution is 5.96. The lowest BCUT2D eigenvalue weighted by Gasteiger charge is -2.08. The summed E-state index contributed by atoms with van der Waals surface area (Å²) in [7, 11) is 0. The minimum atomic E-state index is -0.582. The van der Waals surface area contributed by atoms with Gasteiger partial charge in [0, 0.05) is 12.7 Å². The summed E-state index contributed by atoms with van der Waals surface area (Å²) in [4.78, 5) is 28.4. The fourth-order valence-corrected chi connectivity index (χ4v) is 2.27. The fourth-order valence-electron chi connectivity index (χ4n) is 2.27. The maximum atomic E-state index is 12.3. The highest BCUT2D eigenvalue weighted by atomic mass is 16.3. The Morgan fingerprint density at radius 1 is 1.36 bits per heavy atom. The van der Waals surface area contributed by atoms with Gasteiger partial charge in [-0.2, -0.15) is 4.98 Å². The third kappa shape index (κ3) is 3.44. The van der Waals surface area contributed by atoms with E-state index in [1.807, 2.05) is 6.92 Å². The van der Waals surface area contributed by atoms with Crippen LogP contribution in [0.2, 0.25) is 0 Å². The van der Waals surface area contributed by atoms with Crippen LogP contribution in [0.1, 0.15) is 48.5 Å². The molecule has 0 aromatic carbocycles. The standard InChI is InChI=1S/C16H21N3O3/c1-3-4-5-6-8-17-14(20)13-15(21)18-12-10-11(2)7-9-19(12)16(13)22/h7,9-10,21H,3-6,8H2,1-2H3,(H,17,20). The van der Waals surface area contributed by atoms with Gasteiger partial charge in [0.15, 0.2) is 5.56 Å². The first-order chi connectivity index (χ1) is 10.5. The van der Waals surface area contributed by atoms with Crippen molar-refractivity contribution in [2.24, 2.45) is 0 Å². The normalized spacial score (nSPS) is 10.8. The molecule has 0 fully saturated rings. The third-order valence-corrected chi connectivity index (χ3v) is 3.51. The number of aryl methyl sites for hydroxylation is 1. The number of nitrogens with zero attached hydrogens (tertiary/aromatic N) is 2. The summed E-state index contributed by atoms with van der Waals surface area (Å²) in [5, 5.41) is 12.6. The zero-order valence-electron chi connectivity index (χ0n) is 12.9. The molecule has 0 spiro atoms. The zero-order chi connectivity index (χ0) is 16.1. The molecule has 2 aromatic heterocycles. The molecule has 0 unspecified atom stereocenters. The number of pyridine rings is 1. The second kappa shape index (κ2) is 7.06. The van der Waals surface area contributed by atoms with E-state index in [1.54, 1.807) is 18.3 Å². The molecule has 6 heteroatoms. The van der Waals surface area contributed by atoms with E-state index in [0.29, 0.717) is 12.2 Å². The fraction of sp³-hybridized carbons (Fsp3) is 0.438. The Morgan fingerprint density at radius 2 is 2.14 bits per heavy atom. The van der Waals surface area contributed by atoms with Crippen molar-refractivity contribution in [1.82, 2.24) is 14.7 Å². The molecular weight excluding hydrogens is 282 g/mol. The Morgan fingerprint density at radius 3 is 2.86 bits per heavy atom. The minimum absolute atomic E-state index is 0.308. The van der Waals surface area contributed by atoms with E-state index < -0.39 is 17.3 Å². The van der Waals surface area contributed by atoms with Crippen molar-refractivity contribution in [2.75, 3.05) is 6.54 Å². The van der Waals surface area contributed by atoms with Gasteiger partial charge < -0.3 is 10.4 Å². The molecule has 118 valence electrons. The molecule has 22 heavy (non-hydrogen) atoms. The molecule has 6 nitrogen and oxygen atoms in total. The first-order valence-corrected chi connectivity index (χ1v) is 7.54. The van der Waals surface area contributed by atoms with Gasteiger partial charge in [-0.1, -0.05) is 26.2 Å². The van der Waals surface area contributed by atoms with Gasteiger partial charge in [-0.15, -0.1) is 0 Å². The van der Waals surface area contributed by atoms with Crippen molar-refractivity contribution in [2.45, 2.75) is 39.5 Å². The SMILES string of the molecule is CCCCCCNC(=O)c1c(O)nc2cc(C)ccn2c1=O. The van der Waals surface area contributed by atoms with Gasteiger partial charge in [0.05, 0.1) is 0 Å². The van der Waals surface area contributed by atoms with Crippen LogP contribution >= 0.6 is 0 Å². The van der Waals surface area contributed by atoms with Crippen molar-refractivity contribution in [3.05, 3.63) is 39.8 Å². The topological polar surface area (TPSA) is 83.7 Å². The molecule has 2 rings (SSSR count). The maximum absolute atomic E-state index is 12.3. The number of rotatable bonds is 6. The van der Waals surface area contributed by atoms with Gasteiger partial charge in [-0.3, -0.25) is 14.0 Å². The summed E-state index contributed by atoms with van der Waals surface area (Å²) in [6.45, 7) is 4.45. The summed E-state index contributed by atoms with van der Waals surface area (Å²) in [6.07, 6.45) is 5.65. The van der Waals surface area contributed by atoms with E-state index in [2.05, 4.69) is 17.2 Å². The molecule has 2 N–H and O–H groups in total. The molecule has 0 bridgehead atoms. The number of carbonyl (C=O) groups excluding carboxylic acids is 1. The van der Waals surface area contributed by atoms with Gasteiger partial charge in [-0.25, -0.2) is 0 Å². The maximum Gasteiger partial charge on any atom is 0.274 e. The van der Waals surface area contributed by atoms with Crippen LogP contribution in [0.25, 0.3) is 5.65 Å². The lowest BCUT2D eigenvalue weighted by molar-refractivity contribution is 0.0947. The number of amides is 1. The van der Waals surface area contributed by atoms with Crippen LogP contribution in [0.5, 0.6) is 5.88 Å². The third-order valence-electron chi connectivity index (χ3n) is 3.51. The number of nitrogens with one attached hydrogen (secondary N) is 1. The van der Waals surface area contributed by atoms with Crippen molar-refractivity contribution < 1.29 is 9.90 Å². The van der Waals surface area contributed by atoms with Gasteiger partial charge in [0.25, 0.3) is 11.5 Å². The summed E-state index contributed by atoms with van der Waals surface area (Å²) in [5.41, 5.74) is 0.367. The quantitative estimate of drug-likeness (QED) is 0.800. The molecule has 0 saturated carbocycles. The summed E-state index contributed by atoms with van der Waals surface area (Å²) in [6, 6.07) is 3.42. The van der Waals surface area contributed by atoms with Crippen LogP contribution in [-0.4, -0.2) is 26.9 Å². The van der Waals surface area contributed by atoms with Crippen LogP contribution in [0.15, 0.2) is 23.1 Å². The van der Waals surface area contributed by atoms with Crippen LogP contribution in [-0.2, 0) is 0 Å². The first-order valence-electron chi connectivity index (χ1n) is 7.54. The Kier molecular flexibility index (Phi) is 5.14. The van der Waals surface area contributed by atoms with Gasteiger partial charge in [0.1, 0.15) is 5.65 Å². The van der Waals surface area contributed by atoms with Crippen LogP contribution in [0.4, 0.5) is 0 Å². The van der Waals surface area contributed by atoms with E-state index in [1.165, 1.54) is 4.40 Å². The monoisotopic (exact) mass is 303 g/mol. The number of hydrogen-bond donors (Lipinski definition) is 2. The highest BCUT2D eigenvalue weighted by Gasteiger charge is 2.19. The largest absolute Gasteiger partial charge is 0.493 e. The number of unbranched alkanes of at least 4 members (excludes halogenated alkanes) is 3. The Labute approximate surface area is 128 Å². The second-order valence-corrected chi connectivity index (χ2v) is 5.36.